The van der Waals surface area contributed by atoms with Gasteiger partial charge in [0.25, 0.3) is 11.1 Å². The largest absolute Gasteiger partial charge is 0.465 e. The number of allylic oxidation sites excluding steroid dienone is 2. The number of methoxy groups -OCH3 is 1. The molecule has 0 aliphatic carbocycles. The van der Waals surface area contributed by atoms with Gasteiger partial charge in [-0.15, -0.1) is 0 Å². The minimum Gasteiger partial charge on any atom is -0.465 e. The first-order valence-corrected chi connectivity index (χ1v) is 6.52. The van der Waals surface area contributed by atoms with Gasteiger partial charge in [-0.1, -0.05) is 30.4 Å². The predicted octanol–water partition coefficient (Wildman–Crippen LogP) is 2.35. The Labute approximate surface area is 119 Å². The summed E-state index contributed by atoms with van der Waals surface area (Å²) in [5.74, 6) is -0.841. The van der Waals surface area contributed by atoms with Crippen LogP contribution < -0.4 is 5.32 Å². The van der Waals surface area contributed by atoms with Gasteiger partial charge >= 0.3 is 5.97 Å². The van der Waals surface area contributed by atoms with Gasteiger partial charge in [-0.3, -0.25) is 14.9 Å². The van der Waals surface area contributed by atoms with Crippen LogP contribution in [0.25, 0.3) is 6.08 Å². The quantitative estimate of drug-likeness (QED) is 0.683. The van der Waals surface area contributed by atoms with Crippen molar-refractivity contribution in [2.45, 2.75) is 0 Å². The number of esters is 1. The lowest BCUT2D eigenvalue weighted by Gasteiger charge is -2.02. The fourth-order valence-corrected chi connectivity index (χ4v) is 2.25. The van der Waals surface area contributed by atoms with Crippen LogP contribution in [0.4, 0.5) is 4.79 Å². The average Bonchev–Trinajstić information content (AvgIpc) is 2.77. The standard InChI is InChI=1S/C14H11NO4S/c1-19-13(17)10-7-3-2-5-9(10)6-4-8-11-12(16)15-14(18)20-11/h2-8H,1H3,(H,15,16,18). The van der Waals surface area contributed by atoms with Crippen LogP contribution in [0.15, 0.2) is 41.3 Å². The normalized spacial score (nSPS) is 16.8. The Bertz CT molecular complexity index is 634. The van der Waals surface area contributed by atoms with E-state index in [1.165, 1.54) is 13.2 Å². The van der Waals surface area contributed by atoms with E-state index in [1.54, 1.807) is 36.4 Å². The van der Waals surface area contributed by atoms with E-state index in [0.717, 1.165) is 11.8 Å². The number of carbonyl (C=O) groups is 3. The molecule has 1 aliphatic heterocycles. The molecule has 1 aromatic rings. The Balaban J connectivity index is 2.20. The molecule has 2 amide bonds. The third kappa shape index (κ3) is 3.16. The number of amides is 2. The van der Waals surface area contributed by atoms with E-state index in [9.17, 15) is 14.4 Å². The molecule has 1 fully saturated rings. The molecule has 0 saturated carbocycles. The van der Waals surface area contributed by atoms with Crippen LogP contribution in [0.2, 0.25) is 0 Å². The molecule has 0 radical (unpaired) electrons. The summed E-state index contributed by atoms with van der Waals surface area (Å²) >= 11 is 0.842. The lowest BCUT2D eigenvalue weighted by atomic mass is 10.1. The first-order chi connectivity index (χ1) is 9.61. The van der Waals surface area contributed by atoms with E-state index < -0.39 is 11.9 Å². The molecule has 0 aromatic heterocycles. The van der Waals surface area contributed by atoms with Gasteiger partial charge in [0.1, 0.15) is 0 Å². The number of nitrogens with one attached hydrogen (secondary N) is 1. The zero-order valence-electron chi connectivity index (χ0n) is 10.6. The third-order valence-corrected chi connectivity index (χ3v) is 3.36. The molecule has 0 unspecified atom stereocenters. The topological polar surface area (TPSA) is 72.5 Å². The van der Waals surface area contributed by atoms with Gasteiger partial charge in [-0.25, -0.2) is 4.79 Å². The van der Waals surface area contributed by atoms with E-state index in [-0.39, 0.29) is 5.24 Å². The molecular weight excluding hydrogens is 278 g/mol. The zero-order valence-corrected chi connectivity index (χ0v) is 11.4. The van der Waals surface area contributed by atoms with E-state index in [2.05, 4.69) is 10.1 Å². The van der Waals surface area contributed by atoms with Crippen LogP contribution in [0, 0.1) is 0 Å². The number of imide groups is 1. The maximum atomic E-state index is 11.6. The highest BCUT2D eigenvalue weighted by molar-refractivity contribution is 8.18. The Kier molecular flexibility index (Phi) is 4.37. The summed E-state index contributed by atoms with van der Waals surface area (Å²) in [5, 5.41) is 1.78. The van der Waals surface area contributed by atoms with Crippen LogP contribution in [0.1, 0.15) is 15.9 Å². The Hall–Kier alpha value is -2.34. The fourth-order valence-electron chi connectivity index (χ4n) is 1.61. The van der Waals surface area contributed by atoms with Crippen LogP contribution in [0.3, 0.4) is 0 Å². The minimum absolute atomic E-state index is 0.321. The van der Waals surface area contributed by atoms with E-state index in [1.807, 2.05) is 0 Å². The first kappa shape index (κ1) is 14.1. The highest BCUT2D eigenvalue weighted by Crippen LogP contribution is 2.23. The molecule has 0 bridgehead atoms. The monoisotopic (exact) mass is 289 g/mol. The number of hydrogen-bond acceptors (Lipinski definition) is 5. The SMILES string of the molecule is COC(=O)c1ccccc1C=CC=C1SC(=O)NC1=O. The minimum atomic E-state index is -0.430. The summed E-state index contributed by atoms with van der Waals surface area (Å²) in [4.78, 5) is 34.2. The highest BCUT2D eigenvalue weighted by atomic mass is 32.2. The van der Waals surface area contributed by atoms with Crippen LogP contribution in [-0.4, -0.2) is 24.2 Å². The van der Waals surface area contributed by atoms with Crippen LogP contribution >= 0.6 is 11.8 Å². The maximum Gasteiger partial charge on any atom is 0.338 e. The summed E-state index contributed by atoms with van der Waals surface area (Å²) in [6.07, 6.45) is 4.82. The van der Waals surface area contributed by atoms with Crippen LogP contribution in [-0.2, 0) is 9.53 Å². The third-order valence-electron chi connectivity index (χ3n) is 2.53. The van der Waals surface area contributed by atoms with Crippen LogP contribution in [0.5, 0.6) is 0 Å². The summed E-state index contributed by atoms with van der Waals surface area (Å²) < 4.78 is 4.69. The van der Waals surface area contributed by atoms with E-state index >= 15 is 0 Å². The Morgan fingerprint density at radius 3 is 2.70 bits per heavy atom. The Morgan fingerprint density at radius 2 is 2.05 bits per heavy atom. The molecule has 6 heteroatoms. The van der Waals surface area contributed by atoms with Gasteiger partial charge in [-0.05, 0) is 29.5 Å². The zero-order chi connectivity index (χ0) is 14.5. The summed E-state index contributed by atoms with van der Waals surface area (Å²) in [6.45, 7) is 0. The van der Waals surface area contributed by atoms with Gasteiger partial charge in [0, 0.05) is 0 Å². The predicted molar refractivity (Wildman–Crippen MR) is 76.0 cm³/mol. The number of ether oxygens (including phenoxy) is 1. The van der Waals surface area contributed by atoms with Gasteiger partial charge in [0.2, 0.25) is 0 Å². The lowest BCUT2D eigenvalue weighted by molar-refractivity contribution is -0.115. The second-order valence-corrected chi connectivity index (χ2v) is 4.83. The smallest absolute Gasteiger partial charge is 0.338 e. The number of benzene rings is 1. The molecule has 1 aromatic carbocycles. The lowest BCUT2D eigenvalue weighted by Crippen LogP contribution is -2.17. The second kappa shape index (κ2) is 6.21. The van der Waals surface area contributed by atoms with Crippen molar-refractivity contribution in [1.82, 2.24) is 5.32 Å². The molecular formula is C14H11NO4S. The maximum absolute atomic E-state index is 11.6. The van der Waals surface area contributed by atoms with Crippen molar-refractivity contribution >= 4 is 35.0 Å². The summed E-state index contributed by atoms with van der Waals surface area (Å²) in [6, 6.07) is 6.94. The molecule has 1 N–H and O–H groups in total. The highest BCUT2D eigenvalue weighted by Gasteiger charge is 2.24. The van der Waals surface area contributed by atoms with Crippen molar-refractivity contribution in [3.05, 3.63) is 52.4 Å². The summed E-state index contributed by atoms with van der Waals surface area (Å²) in [7, 11) is 1.32. The second-order valence-electron chi connectivity index (χ2n) is 3.81. The number of thioether (sulfide) groups is 1. The van der Waals surface area contributed by atoms with E-state index in [0.29, 0.717) is 16.0 Å². The van der Waals surface area contributed by atoms with Gasteiger partial charge in [-0.2, -0.15) is 0 Å². The summed E-state index contributed by atoms with van der Waals surface area (Å²) in [5.41, 5.74) is 1.11. The Morgan fingerprint density at radius 1 is 1.30 bits per heavy atom. The molecule has 1 heterocycles. The average molecular weight is 289 g/mol. The van der Waals surface area contributed by atoms with Crippen molar-refractivity contribution in [3.63, 3.8) is 0 Å². The van der Waals surface area contributed by atoms with Gasteiger partial charge < -0.3 is 4.74 Å². The molecule has 0 spiro atoms. The number of carbonyl (C=O) groups excluding carboxylic acids is 3. The van der Waals surface area contributed by atoms with Gasteiger partial charge in [0.15, 0.2) is 0 Å². The van der Waals surface area contributed by atoms with Crippen molar-refractivity contribution in [1.29, 1.82) is 0 Å². The first-order valence-electron chi connectivity index (χ1n) is 5.70. The molecule has 0 atom stereocenters. The molecule has 1 aliphatic rings. The van der Waals surface area contributed by atoms with Crippen molar-refractivity contribution < 1.29 is 19.1 Å². The van der Waals surface area contributed by atoms with Crippen molar-refractivity contribution in [2.75, 3.05) is 7.11 Å². The van der Waals surface area contributed by atoms with Crippen molar-refractivity contribution in [2.24, 2.45) is 0 Å². The molecule has 1 saturated heterocycles. The van der Waals surface area contributed by atoms with Gasteiger partial charge in [0.05, 0.1) is 17.6 Å². The molecule has 2 rings (SSSR count). The fraction of sp³-hybridized carbons (Fsp3) is 0.0714. The molecule has 102 valence electrons. The van der Waals surface area contributed by atoms with Crippen molar-refractivity contribution in [3.8, 4) is 0 Å². The van der Waals surface area contributed by atoms with E-state index in [4.69, 9.17) is 0 Å². The number of rotatable bonds is 3. The molecule has 20 heavy (non-hydrogen) atoms. The molecule has 5 nitrogen and oxygen atoms in total. The number of hydrogen-bond donors (Lipinski definition) is 1.